The molecule has 3 atom stereocenters. The van der Waals surface area contributed by atoms with Crippen LogP contribution in [0.4, 0.5) is 0 Å². The highest BCUT2D eigenvalue weighted by atomic mass is 16.2. The highest BCUT2D eigenvalue weighted by molar-refractivity contribution is 5.78. The Kier molecular flexibility index (Phi) is 4.56. The predicted molar refractivity (Wildman–Crippen MR) is 83.9 cm³/mol. The Morgan fingerprint density at radius 2 is 2.05 bits per heavy atom. The molecule has 3 rings (SSSR count). The molecule has 4 heteroatoms. The van der Waals surface area contributed by atoms with Crippen molar-refractivity contribution in [3.05, 3.63) is 35.9 Å². The maximum absolute atomic E-state index is 11.7. The van der Waals surface area contributed by atoms with Gasteiger partial charge >= 0.3 is 0 Å². The zero-order chi connectivity index (χ0) is 14.7. The summed E-state index contributed by atoms with van der Waals surface area (Å²) in [6, 6.07) is 11.2. The third kappa shape index (κ3) is 3.27. The first-order chi connectivity index (χ1) is 10.3. The Labute approximate surface area is 126 Å². The molecule has 2 aliphatic rings. The molecule has 3 unspecified atom stereocenters. The van der Waals surface area contributed by atoms with E-state index in [1.54, 1.807) is 0 Å². The fourth-order valence-electron chi connectivity index (χ4n) is 3.90. The maximum atomic E-state index is 11.7. The van der Waals surface area contributed by atoms with Crippen LogP contribution in [0.25, 0.3) is 0 Å². The fraction of sp³-hybridized carbons (Fsp3) is 0.588. The Hall–Kier alpha value is -1.39. The minimum absolute atomic E-state index is 0.152. The molecular weight excluding hydrogens is 262 g/mol. The normalized spacial score (nSPS) is 30.9. The molecule has 0 aromatic heterocycles. The van der Waals surface area contributed by atoms with Crippen LogP contribution in [0, 0.1) is 5.92 Å². The van der Waals surface area contributed by atoms with Crippen molar-refractivity contribution in [3.8, 4) is 0 Å². The van der Waals surface area contributed by atoms with E-state index >= 15 is 0 Å². The second kappa shape index (κ2) is 6.58. The van der Waals surface area contributed by atoms with Gasteiger partial charge in [0.15, 0.2) is 0 Å². The number of nitrogens with two attached hydrogens (primary N) is 1. The molecule has 0 bridgehead atoms. The van der Waals surface area contributed by atoms with Crippen molar-refractivity contribution in [3.63, 3.8) is 0 Å². The molecule has 2 fully saturated rings. The molecule has 1 aromatic carbocycles. The smallest absolute Gasteiger partial charge is 0.234 e. The lowest BCUT2D eigenvalue weighted by atomic mass is 9.74. The number of nitrogens with one attached hydrogen (secondary N) is 1. The van der Waals surface area contributed by atoms with Gasteiger partial charge in [0.05, 0.1) is 6.54 Å². The number of carbonyl (C=O) groups is 1. The van der Waals surface area contributed by atoms with Crippen LogP contribution >= 0.6 is 0 Å². The Morgan fingerprint density at radius 3 is 2.76 bits per heavy atom. The second-order valence-corrected chi connectivity index (χ2v) is 6.30. The lowest BCUT2D eigenvalue weighted by molar-refractivity contribution is -0.125. The second-order valence-electron chi connectivity index (χ2n) is 6.30. The van der Waals surface area contributed by atoms with Gasteiger partial charge in [-0.25, -0.2) is 0 Å². The highest BCUT2D eigenvalue weighted by Gasteiger charge is 2.35. The molecule has 1 aliphatic heterocycles. The Bertz CT molecular complexity index is 476. The van der Waals surface area contributed by atoms with Crippen molar-refractivity contribution in [2.45, 2.75) is 31.2 Å². The summed E-state index contributed by atoms with van der Waals surface area (Å²) in [5, 5.41) is 2.91. The van der Waals surface area contributed by atoms with E-state index in [1.165, 1.54) is 18.4 Å². The van der Waals surface area contributed by atoms with Crippen LogP contribution in [0.2, 0.25) is 0 Å². The molecule has 1 saturated heterocycles. The lowest BCUT2D eigenvalue weighted by Gasteiger charge is -2.43. The molecule has 114 valence electrons. The van der Waals surface area contributed by atoms with Gasteiger partial charge < -0.3 is 11.1 Å². The van der Waals surface area contributed by atoms with E-state index < -0.39 is 0 Å². The van der Waals surface area contributed by atoms with Gasteiger partial charge in [-0.05, 0) is 43.2 Å². The van der Waals surface area contributed by atoms with Crippen LogP contribution in [0.1, 0.15) is 30.7 Å². The van der Waals surface area contributed by atoms with Crippen molar-refractivity contribution in [2.24, 2.45) is 11.7 Å². The third-order valence-electron chi connectivity index (χ3n) is 5.07. The number of amides is 1. The first-order valence-electron chi connectivity index (χ1n) is 8.03. The molecule has 4 nitrogen and oxygen atoms in total. The summed E-state index contributed by atoms with van der Waals surface area (Å²) >= 11 is 0. The van der Waals surface area contributed by atoms with Gasteiger partial charge in [-0.15, -0.1) is 0 Å². The van der Waals surface area contributed by atoms with Gasteiger partial charge in [0.1, 0.15) is 0 Å². The summed E-state index contributed by atoms with van der Waals surface area (Å²) in [5.41, 5.74) is 7.42. The van der Waals surface area contributed by atoms with Gasteiger partial charge in [-0.3, -0.25) is 9.69 Å². The first kappa shape index (κ1) is 14.5. The topological polar surface area (TPSA) is 58.4 Å². The zero-order valence-electron chi connectivity index (χ0n) is 12.5. The fourth-order valence-corrected chi connectivity index (χ4v) is 3.90. The van der Waals surface area contributed by atoms with Crippen molar-refractivity contribution >= 4 is 5.91 Å². The Morgan fingerprint density at radius 1 is 1.24 bits per heavy atom. The number of rotatable bonds is 3. The van der Waals surface area contributed by atoms with Gasteiger partial charge in [0.25, 0.3) is 0 Å². The number of hydrogen-bond acceptors (Lipinski definition) is 3. The maximum Gasteiger partial charge on any atom is 0.234 e. The average molecular weight is 287 g/mol. The quantitative estimate of drug-likeness (QED) is 0.882. The summed E-state index contributed by atoms with van der Waals surface area (Å²) in [7, 11) is 0. The molecule has 1 aromatic rings. The molecule has 0 spiro atoms. The van der Waals surface area contributed by atoms with Crippen LogP contribution < -0.4 is 11.1 Å². The Balaban J connectivity index is 1.74. The molecule has 1 saturated carbocycles. The van der Waals surface area contributed by atoms with Crippen molar-refractivity contribution in [1.82, 2.24) is 10.2 Å². The number of carbonyl (C=O) groups excluding carboxylic acids is 1. The number of nitrogens with zero attached hydrogens (tertiary/aromatic N) is 1. The molecule has 21 heavy (non-hydrogen) atoms. The van der Waals surface area contributed by atoms with Crippen LogP contribution in [0.3, 0.4) is 0 Å². The van der Waals surface area contributed by atoms with Gasteiger partial charge in [-0.2, -0.15) is 0 Å². The monoisotopic (exact) mass is 287 g/mol. The van der Waals surface area contributed by atoms with E-state index in [0.29, 0.717) is 24.4 Å². The first-order valence-corrected chi connectivity index (χ1v) is 8.03. The molecule has 1 aliphatic carbocycles. The number of piperazine rings is 1. The minimum atomic E-state index is 0.152. The van der Waals surface area contributed by atoms with Gasteiger partial charge in [0, 0.05) is 19.1 Å². The summed E-state index contributed by atoms with van der Waals surface area (Å²) in [5.74, 6) is 1.28. The number of benzene rings is 1. The SMILES string of the molecule is NCC1CCC(c2ccccc2)CC1N1CCNC(=O)C1. The van der Waals surface area contributed by atoms with E-state index in [4.69, 9.17) is 5.73 Å². The summed E-state index contributed by atoms with van der Waals surface area (Å²) < 4.78 is 0. The van der Waals surface area contributed by atoms with E-state index in [0.717, 1.165) is 26.1 Å². The van der Waals surface area contributed by atoms with Crippen LogP contribution in [0.15, 0.2) is 30.3 Å². The standard InChI is InChI=1S/C17H25N3O/c18-11-15-7-6-14(13-4-2-1-3-5-13)10-16(15)20-9-8-19-17(21)12-20/h1-5,14-16H,6-12,18H2,(H,19,21). The number of hydrogen-bond donors (Lipinski definition) is 2. The molecule has 1 amide bonds. The van der Waals surface area contributed by atoms with Crippen molar-refractivity contribution in [2.75, 3.05) is 26.2 Å². The van der Waals surface area contributed by atoms with Crippen LogP contribution in [-0.4, -0.2) is 43.0 Å². The average Bonchev–Trinajstić information content (AvgIpc) is 2.55. The van der Waals surface area contributed by atoms with Crippen molar-refractivity contribution in [1.29, 1.82) is 0 Å². The van der Waals surface area contributed by atoms with Crippen LogP contribution in [0.5, 0.6) is 0 Å². The highest BCUT2D eigenvalue weighted by Crippen LogP contribution is 2.38. The van der Waals surface area contributed by atoms with Crippen LogP contribution in [-0.2, 0) is 4.79 Å². The largest absolute Gasteiger partial charge is 0.354 e. The van der Waals surface area contributed by atoms with E-state index in [1.807, 2.05) is 0 Å². The predicted octanol–water partition coefficient (Wildman–Crippen LogP) is 1.33. The van der Waals surface area contributed by atoms with E-state index in [-0.39, 0.29) is 5.91 Å². The lowest BCUT2D eigenvalue weighted by Crippen LogP contribution is -2.55. The van der Waals surface area contributed by atoms with Gasteiger partial charge in [0.2, 0.25) is 5.91 Å². The molecule has 0 radical (unpaired) electrons. The molecular formula is C17H25N3O. The van der Waals surface area contributed by atoms with E-state index in [2.05, 4.69) is 40.5 Å². The minimum Gasteiger partial charge on any atom is -0.354 e. The van der Waals surface area contributed by atoms with Crippen molar-refractivity contribution < 1.29 is 4.79 Å². The third-order valence-corrected chi connectivity index (χ3v) is 5.07. The van der Waals surface area contributed by atoms with E-state index in [9.17, 15) is 4.79 Å². The summed E-state index contributed by atoms with van der Waals surface area (Å²) in [6.07, 6.45) is 3.50. The van der Waals surface area contributed by atoms with Gasteiger partial charge in [-0.1, -0.05) is 30.3 Å². The molecule has 3 N–H and O–H groups in total. The summed E-state index contributed by atoms with van der Waals surface area (Å²) in [4.78, 5) is 14.0. The zero-order valence-corrected chi connectivity index (χ0v) is 12.5. The summed E-state index contributed by atoms with van der Waals surface area (Å²) in [6.45, 7) is 2.98. The molecule has 1 heterocycles.